The van der Waals surface area contributed by atoms with Crippen LogP contribution in [0.5, 0.6) is 5.75 Å². The first kappa shape index (κ1) is 23.6. The van der Waals surface area contributed by atoms with Crippen molar-refractivity contribution >= 4 is 79.1 Å². The second-order valence-electron chi connectivity index (χ2n) is 6.81. The van der Waals surface area contributed by atoms with Crippen LogP contribution in [0.3, 0.4) is 0 Å². The van der Waals surface area contributed by atoms with Crippen LogP contribution in [0, 0.1) is 3.57 Å². The number of halogens is 2. The number of carboxylic acids is 1. The van der Waals surface area contributed by atoms with Gasteiger partial charge in [0, 0.05) is 0 Å². The molecule has 2 aromatic carbocycles. The van der Waals surface area contributed by atoms with Gasteiger partial charge in [-0.2, -0.15) is 0 Å². The van der Waals surface area contributed by atoms with Crippen molar-refractivity contribution in [1.29, 1.82) is 0 Å². The Morgan fingerprint density at radius 1 is 1.24 bits per heavy atom. The number of hydrogen-bond donors (Lipinski definition) is 1. The molecule has 0 bridgehead atoms. The van der Waals surface area contributed by atoms with E-state index in [-0.39, 0.29) is 12.5 Å². The molecule has 33 heavy (non-hydrogen) atoms. The number of ether oxygens (including phenoxy) is 1. The highest BCUT2D eigenvalue weighted by Crippen LogP contribution is 2.37. The summed E-state index contributed by atoms with van der Waals surface area (Å²) in [4.78, 5) is 30.9. The molecule has 0 unspecified atom stereocenters. The number of furan rings is 1. The van der Waals surface area contributed by atoms with Crippen LogP contribution in [-0.2, 0) is 16.1 Å². The lowest BCUT2D eigenvalue weighted by atomic mass is 10.2. The molecule has 7 nitrogen and oxygen atoms in total. The Kier molecular flexibility index (Phi) is 7.56. The summed E-state index contributed by atoms with van der Waals surface area (Å²) in [5, 5.41) is 9.42. The number of hydrogen-bond acceptors (Lipinski definition) is 6. The molecule has 168 valence electrons. The van der Waals surface area contributed by atoms with Gasteiger partial charge in [-0.1, -0.05) is 18.2 Å². The fraction of sp³-hybridized carbons (Fsp3) is 0.0870. The SMILES string of the molecule is O=C(O)COc1c(Br)cc(/C=C2\SC(=Nc3ccccc3)N(Cc3ccco3)C2=O)cc1I. The van der Waals surface area contributed by atoms with Crippen molar-refractivity contribution in [1.82, 2.24) is 4.90 Å². The Balaban J connectivity index is 1.65. The van der Waals surface area contributed by atoms with Gasteiger partial charge in [0.2, 0.25) is 0 Å². The van der Waals surface area contributed by atoms with E-state index in [4.69, 9.17) is 14.3 Å². The maximum absolute atomic E-state index is 13.3. The number of carboxylic acid groups (broad SMARTS) is 1. The average Bonchev–Trinajstić information content (AvgIpc) is 3.38. The Morgan fingerprint density at radius 2 is 2.03 bits per heavy atom. The summed E-state index contributed by atoms with van der Waals surface area (Å²) in [6.07, 6.45) is 3.35. The van der Waals surface area contributed by atoms with Crippen LogP contribution in [0.4, 0.5) is 5.69 Å². The van der Waals surface area contributed by atoms with Crippen LogP contribution in [-0.4, -0.2) is 33.7 Å². The van der Waals surface area contributed by atoms with Gasteiger partial charge < -0.3 is 14.3 Å². The quantitative estimate of drug-likeness (QED) is 0.255. The summed E-state index contributed by atoms with van der Waals surface area (Å²) in [6, 6.07) is 16.6. The minimum atomic E-state index is -1.06. The summed E-state index contributed by atoms with van der Waals surface area (Å²) < 4.78 is 12.1. The third-order valence-corrected chi connectivity index (χ3v) is 6.82. The van der Waals surface area contributed by atoms with E-state index in [1.54, 1.807) is 29.4 Å². The molecule has 1 aliphatic rings. The minimum Gasteiger partial charge on any atom is -0.480 e. The zero-order valence-electron chi connectivity index (χ0n) is 16.9. The number of benzene rings is 2. The van der Waals surface area contributed by atoms with Crippen molar-refractivity contribution in [2.24, 2.45) is 4.99 Å². The highest BCUT2D eigenvalue weighted by Gasteiger charge is 2.34. The van der Waals surface area contributed by atoms with E-state index in [2.05, 4.69) is 43.5 Å². The number of nitrogens with zero attached hydrogens (tertiary/aromatic N) is 2. The second kappa shape index (κ2) is 10.6. The van der Waals surface area contributed by atoms with E-state index >= 15 is 0 Å². The lowest BCUT2D eigenvalue weighted by Gasteiger charge is -2.13. The molecule has 0 spiro atoms. The van der Waals surface area contributed by atoms with Gasteiger partial charge in [-0.25, -0.2) is 9.79 Å². The molecular weight excluding hydrogens is 623 g/mol. The summed E-state index contributed by atoms with van der Waals surface area (Å²) in [5.74, 6) is -0.137. The number of amides is 1. The molecule has 1 aliphatic heterocycles. The van der Waals surface area contributed by atoms with Crippen molar-refractivity contribution in [2.45, 2.75) is 6.54 Å². The number of thioether (sulfide) groups is 1. The third kappa shape index (κ3) is 5.87. The lowest BCUT2D eigenvalue weighted by molar-refractivity contribution is -0.139. The number of carbonyl (C=O) groups excluding carboxylic acids is 1. The van der Waals surface area contributed by atoms with E-state index in [0.29, 0.717) is 26.1 Å². The molecule has 1 N–H and O–H groups in total. The van der Waals surface area contributed by atoms with Crippen molar-refractivity contribution in [3.8, 4) is 5.75 Å². The first-order valence-electron chi connectivity index (χ1n) is 9.62. The third-order valence-electron chi connectivity index (χ3n) is 4.42. The van der Waals surface area contributed by atoms with E-state index in [9.17, 15) is 9.59 Å². The lowest BCUT2D eigenvalue weighted by Crippen LogP contribution is -2.28. The Bertz CT molecular complexity index is 1220. The maximum Gasteiger partial charge on any atom is 0.341 e. The van der Waals surface area contributed by atoms with E-state index < -0.39 is 12.6 Å². The fourth-order valence-corrected chi connectivity index (χ4v) is 5.75. The van der Waals surface area contributed by atoms with Gasteiger partial charge in [-0.15, -0.1) is 0 Å². The molecule has 0 radical (unpaired) electrons. The van der Waals surface area contributed by atoms with Crippen LogP contribution in [0.15, 0.2) is 79.6 Å². The van der Waals surface area contributed by atoms with Gasteiger partial charge in [0.25, 0.3) is 5.91 Å². The molecule has 0 saturated carbocycles. The molecule has 1 amide bonds. The number of aliphatic imine (C=N–C) groups is 1. The zero-order chi connectivity index (χ0) is 23.4. The summed E-state index contributed by atoms with van der Waals surface area (Å²) in [7, 11) is 0. The van der Waals surface area contributed by atoms with Crippen LogP contribution < -0.4 is 4.74 Å². The molecular formula is C23H16BrIN2O5S. The highest BCUT2D eigenvalue weighted by molar-refractivity contribution is 14.1. The normalized spacial score (nSPS) is 16.1. The number of amidine groups is 1. The van der Waals surface area contributed by atoms with Gasteiger partial charge in [-0.05, 0) is 98.3 Å². The summed E-state index contributed by atoms with van der Waals surface area (Å²) >= 11 is 6.79. The monoisotopic (exact) mass is 638 g/mol. The van der Waals surface area contributed by atoms with Crippen molar-refractivity contribution in [2.75, 3.05) is 6.61 Å². The zero-order valence-corrected chi connectivity index (χ0v) is 21.5. The molecule has 0 atom stereocenters. The number of para-hydroxylation sites is 1. The van der Waals surface area contributed by atoms with Crippen LogP contribution in [0.2, 0.25) is 0 Å². The topological polar surface area (TPSA) is 92.3 Å². The smallest absolute Gasteiger partial charge is 0.341 e. The standard InChI is InChI=1S/C23H16BrIN2O5S/c24-17-9-14(10-18(25)21(17)32-13-20(28)29)11-19-22(30)27(12-16-7-4-8-31-16)23(33-19)26-15-5-2-1-3-6-15/h1-11H,12-13H2,(H,28,29)/b19-11-,26-23?. The van der Waals surface area contributed by atoms with Crippen LogP contribution >= 0.6 is 50.3 Å². The number of aliphatic carboxylic acids is 1. The van der Waals surface area contributed by atoms with Crippen LogP contribution in [0.1, 0.15) is 11.3 Å². The van der Waals surface area contributed by atoms with Gasteiger partial charge in [0.1, 0.15) is 11.5 Å². The molecule has 2 heterocycles. The maximum atomic E-state index is 13.3. The molecule has 1 aromatic heterocycles. The van der Waals surface area contributed by atoms with Gasteiger partial charge in [-0.3, -0.25) is 9.69 Å². The van der Waals surface area contributed by atoms with E-state index in [1.807, 2.05) is 42.5 Å². The Hall–Kier alpha value is -2.57. The largest absolute Gasteiger partial charge is 0.480 e. The Labute approximate surface area is 215 Å². The fourth-order valence-electron chi connectivity index (χ4n) is 2.99. The van der Waals surface area contributed by atoms with Gasteiger partial charge in [0.05, 0.1) is 31.4 Å². The summed E-state index contributed by atoms with van der Waals surface area (Å²) in [6.45, 7) is -0.171. The van der Waals surface area contributed by atoms with Crippen molar-refractivity contribution in [3.63, 3.8) is 0 Å². The first-order chi connectivity index (χ1) is 15.9. The average molecular weight is 639 g/mol. The molecule has 10 heteroatoms. The molecule has 4 rings (SSSR count). The number of rotatable bonds is 7. The van der Waals surface area contributed by atoms with E-state index in [0.717, 1.165) is 14.8 Å². The molecule has 1 fully saturated rings. The minimum absolute atomic E-state index is 0.177. The number of carbonyl (C=O) groups is 2. The summed E-state index contributed by atoms with van der Waals surface area (Å²) in [5.41, 5.74) is 1.51. The van der Waals surface area contributed by atoms with Gasteiger partial charge in [0.15, 0.2) is 11.8 Å². The predicted octanol–water partition coefficient (Wildman–Crippen LogP) is 5.91. The van der Waals surface area contributed by atoms with Crippen molar-refractivity contribution in [3.05, 3.63) is 85.1 Å². The van der Waals surface area contributed by atoms with Gasteiger partial charge >= 0.3 is 5.97 Å². The second-order valence-corrected chi connectivity index (χ2v) is 9.83. The molecule has 0 aliphatic carbocycles. The first-order valence-corrected chi connectivity index (χ1v) is 12.3. The van der Waals surface area contributed by atoms with Crippen molar-refractivity contribution < 1.29 is 23.8 Å². The highest BCUT2D eigenvalue weighted by atomic mass is 127. The van der Waals surface area contributed by atoms with Crippen LogP contribution in [0.25, 0.3) is 6.08 Å². The van der Waals surface area contributed by atoms with E-state index in [1.165, 1.54) is 11.8 Å². The predicted molar refractivity (Wildman–Crippen MR) is 138 cm³/mol. The molecule has 3 aromatic rings. The Morgan fingerprint density at radius 3 is 2.70 bits per heavy atom. The molecule has 1 saturated heterocycles.